The number of hydrogen-bond acceptors (Lipinski definition) is 7. The summed E-state index contributed by atoms with van der Waals surface area (Å²) in [6.45, 7) is 0.701. The van der Waals surface area contributed by atoms with Crippen LogP contribution in [0.25, 0.3) is 33.0 Å². The second-order valence-corrected chi connectivity index (χ2v) is 9.78. The van der Waals surface area contributed by atoms with Crippen molar-refractivity contribution in [2.75, 3.05) is 13.1 Å². The molecule has 1 unspecified atom stereocenters. The first-order valence-electron chi connectivity index (χ1n) is 10.9. The largest absolute Gasteiger partial charge is 0.454 e. The number of furan rings is 1. The Morgan fingerprint density at radius 1 is 1.21 bits per heavy atom. The minimum atomic E-state index is -0.544. The molecule has 3 aromatic heterocycles. The molecule has 1 atom stereocenters. The number of primary amides is 1. The van der Waals surface area contributed by atoms with E-state index in [9.17, 15) is 14.4 Å². The number of carbonyl (C=O) groups excluding carboxylic acids is 3. The van der Waals surface area contributed by atoms with E-state index in [2.05, 4.69) is 5.32 Å². The molecule has 3 N–H and O–H groups in total. The summed E-state index contributed by atoms with van der Waals surface area (Å²) in [5.41, 5.74) is 7.65. The predicted molar refractivity (Wildman–Crippen MR) is 132 cm³/mol. The summed E-state index contributed by atoms with van der Waals surface area (Å²) >= 11 is 2.77. The fourth-order valence-electron chi connectivity index (χ4n) is 4.14. The van der Waals surface area contributed by atoms with Gasteiger partial charge >= 0.3 is 0 Å². The number of amides is 3. The third-order valence-electron chi connectivity index (χ3n) is 5.81. The molecule has 4 heterocycles. The van der Waals surface area contributed by atoms with Gasteiger partial charge in [-0.05, 0) is 36.4 Å². The number of para-hydroxylation sites is 1. The third-order valence-corrected chi connectivity index (χ3v) is 7.60. The number of hydrogen-bond donors (Lipinski definition) is 2. The topological polar surface area (TPSA) is 119 Å². The number of nitrogens with zero attached hydrogens (tertiary/aromatic N) is 2. The highest BCUT2D eigenvalue weighted by molar-refractivity contribution is 7.15. The molecule has 1 aromatic carbocycles. The standard InChI is InChI=1S/C24H22N4O4S2/c25-22(30)17-5-3-10-28(17)20(29)7-9-26-23(31)21-15(8-11-33-21)24-27-16(13-34-24)19-12-14-4-1-2-6-18(14)32-19/h1-2,4,6,8,11-13,17H,3,5,7,9-10H2,(H2,25,30)(H,26,31). The molecule has 34 heavy (non-hydrogen) atoms. The fourth-order valence-corrected chi connectivity index (χ4v) is 5.86. The molecular formula is C24H22N4O4S2. The summed E-state index contributed by atoms with van der Waals surface area (Å²) < 4.78 is 5.91. The number of likely N-dealkylation sites (tertiary alicyclic amines) is 1. The summed E-state index contributed by atoms with van der Waals surface area (Å²) in [6, 6.07) is 11.1. The van der Waals surface area contributed by atoms with Crippen LogP contribution in [0.5, 0.6) is 0 Å². The lowest BCUT2D eigenvalue weighted by atomic mass is 10.2. The Bertz CT molecular complexity index is 1340. The summed E-state index contributed by atoms with van der Waals surface area (Å²) in [5, 5.41) is 8.30. The van der Waals surface area contributed by atoms with Gasteiger partial charge in [0.15, 0.2) is 5.76 Å². The third kappa shape index (κ3) is 4.34. The van der Waals surface area contributed by atoms with Crippen molar-refractivity contribution in [1.82, 2.24) is 15.2 Å². The first-order valence-corrected chi connectivity index (χ1v) is 12.7. The number of carbonyl (C=O) groups is 3. The highest BCUT2D eigenvalue weighted by Gasteiger charge is 2.32. The van der Waals surface area contributed by atoms with Crippen LogP contribution in [0.4, 0.5) is 0 Å². The minimum Gasteiger partial charge on any atom is -0.454 e. The second-order valence-electron chi connectivity index (χ2n) is 8.00. The average molecular weight is 495 g/mol. The van der Waals surface area contributed by atoms with Crippen molar-refractivity contribution in [2.45, 2.75) is 25.3 Å². The first-order chi connectivity index (χ1) is 16.5. The van der Waals surface area contributed by atoms with E-state index >= 15 is 0 Å². The SMILES string of the molecule is NC(=O)C1CCCN1C(=O)CCNC(=O)c1sccc1-c1nc(-c2cc3ccccc3o2)cs1. The monoisotopic (exact) mass is 494 g/mol. The molecule has 8 nitrogen and oxygen atoms in total. The number of fused-ring (bicyclic) bond motifs is 1. The highest BCUT2D eigenvalue weighted by atomic mass is 32.1. The maximum atomic E-state index is 12.8. The zero-order valence-corrected chi connectivity index (χ0v) is 19.8. The Morgan fingerprint density at radius 2 is 2.06 bits per heavy atom. The number of nitrogens with two attached hydrogens (primary N) is 1. The summed E-state index contributed by atoms with van der Waals surface area (Å²) in [7, 11) is 0. The summed E-state index contributed by atoms with van der Waals surface area (Å²) in [5.74, 6) is -0.238. The number of rotatable bonds is 7. The van der Waals surface area contributed by atoms with Crippen LogP contribution in [0, 0.1) is 0 Å². The van der Waals surface area contributed by atoms with Crippen molar-refractivity contribution in [3.05, 3.63) is 52.0 Å². The van der Waals surface area contributed by atoms with E-state index in [-0.39, 0.29) is 24.8 Å². The first kappa shape index (κ1) is 22.3. The minimum absolute atomic E-state index is 0.115. The van der Waals surface area contributed by atoms with E-state index in [1.54, 1.807) is 0 Å². The van der Waals surface area contributed by atoms with Crippen LogP contribution in [0.2, 0.25) is 0 Å². The van der Waals surface area contributed by atoms with Crippen molar-refractivity contribution in [3.63, 3.8) is 0 Å². The van der Waals surface area contributed by atoms with E-state index in [0.717, 1.165) is 28.0 Å². The Labute approximate surface area is 203 Å². The maximum absolute atomic E-state index is 12.8. The number of aromatic nitrogens is 1. The van der Waals surface area contributed by atoms with Crippen LogP contribution < -0.4 is 11.1 Å². The molecule has 1 aliphatic heterocycles. The lowest BCUT2D eigenvalue weighted by Gasteiger charge is -2.22. The van der Waals surface area contributed by atoms with Crippen molar-refractivity contribution in [1.29, 1.82) is 0 Å². The lowest BCUT2D eigenvalue weighted by molar-refractivity contribution is -0.137. The van der Waals surface area contributed by atoms with Crippen molar-refractivity contribution < 1.29 is 18.8 Å². The smallest absolute Gasteiger partial charge is 0.262 e. The van der Waals surface area contributed by atoms with Crippen LogP contribution >= 0.6 is 22.7 Å². The summed E-state index contributed by atoms with van der Waals surface area (Å²) in [6.07, 6.45) is 1.47. The molecule has 3 amide bonds. The Morgan fingerprint density at radius 3 is 2.88 bits per heavy atom. The van der Waals surface area contributed by atoms with E-state index in [1.165, 1.54) is 27.6 Å². The zero-order valence-electron chi connectivity index (χ0n) is 18.2. The molecule has 0 spiro atoms. The molecule has 0 radical (unpaired) electrons. The summed E-state index contributed by atoms with van der Waals surface area (Å²) in [4.78, 5) is 43.6. The van der Waals surface area contributed by atoms with Crippen LogP contribution in [0.1, 0.15) is 28.9 Å². The van der Waals surface area contributed by atoms with Gasteiger partial charge in [0.05, 0.1) is 0 Å². The molecule has 1 saturated heterocycles. The number of thiophene rings is 1. The van der Waals surface area contributed by atoms with Crippen LogP contribution in [-0.2, 0) is 9.59 Å². The van der Waals surface area contributed by atoms with E-state index in [1.807, 2.05) is 47.2 Å². The number of benzene rings is 1. The molecule has 1 fully saturated rings. The second kappa shape index (κ2) is 9.40. The van der Waals surface area contributed by atoms with Gasteiger partial charge in [-0.25, -0.2) is 4.98 Å². The normalized spacial score (nSPS) is 15.6. The van der Waals surface area contributed by atoms with Gasteiger partial charge in [-0.3, -0.25) is 14.4 Å². The molecule has 174 valence electrons. The van der Waals surface area contributed by atoms with Gasteiger partial charge in [0.1, 0.15) is 27.2 Å². The maximum Gasteiger partial charge on any atom is 0.262 e. The molecule has 0 aliphatic carbocycles. The predicted octanol–water partition coefficient (Wildman–Crippen LogP) is 3.88. The van der Waals surface area contributed by atoms with E-state index in [0.29, 0.717) is 29.3 Å². The van der Waals surface area contributed by atoms with Gasteiger partial charge in [0.25, 0.3) is 5.91 Å². The van der Waals surface area contributed by atoms with E-state index < -0.39 is 11.9 Å². The van der Waals surface area contributed by atoms with Gasteiger partial charge < -0.3 is 20.4 Å². The van der Waals surface area contributed by atoms with Gasteiger partial charge in [0, 0.05) is 35.8 Å². The Kier molecular flexibility index (Phi) is 6.16. The zero-order chi connectivity index (χ0) is 23.7. The number of nitrogens with one attached hydrogen (secondary N) is 1. The molecule has 4 aromatic rings. The molecule has 1 aliphatic rings. The van der Waals surface area contributed by atoms with Gasteiger partial charge in [0.2, 0.25) is 11.8 Å². The van der Waals surface area contributed by atoms with Crippen LogP contribution in [-0.4, -0.2) is 46.7 Å². The number of thiazole rings is 1. The quantitative estimate of drug-likeness (QED) is 0.404. The van der Waals surface area contributed by atoms with Gasteiger partial charge in [-0.1, -0.05) is 18.2 Å². The lowest BCUT2D eigenvalue weighted by Crippen LogP contribution is -2.44. The van der Waals surface area contributed by atoms with Crippen molar-refractivity contribution >= 4 is 51.4 Å². The molecular weight excluding hydrogens is 472 g/mol. The van der Waals surface area contributed by atoms with Gasteiger partial charge in [-0.2, -0.15) is 0 Å². The molecule has 10 heteroatoms. The Hall–Kier alpha value is -3.50. The Balaban J connectivity index is 1.24. The van der Waals surface area contributed by atoms with Crippen LogP contribution in [0.15, 0.2) is 51.6 Å². The van der Waals surface area contributed by atoms with E-state index in [4.69, 9.17) is 15.1 Å². The van der Waals surface area contributed by atoms with Crippen molar-refractivity contribution in [2.24, 2.45) is 5.73 Å². The molecule has 0 bridgehead atoms. The van der Waals surface area contributed by atoms with Crippen molar-refractivity contribution in [3.8, 4) is 22.0 Å². The molecule has 0 saturated carbocycles. The average Bonchev–Trinajstić information content (AvgIpc) is 3.62. The highest BCUT2D eigenvalue weighted by Crippen LogP contribution is 2.35. The van der Waals surface area contributed by atoms with Gasteiger partial charge in [-0.15, -0.1) is 22.7 Å². The fraction of sp³-hybridized carbons (Fsp3) is 0.250. The molecule has 5 rings (SSSR count). The van der Waals surface area contributed by atoms with Crippen LogP contribution in [0.3, 0.4) is 0 Å².